The van der Waals surface area contributed by atoms with Crippen LogP contribution in [0, 0.1) is 11.8 Å². The quantitative estimate of drug-likeness (QED) is 0.647. The van der Waals surface area contributed by atoms with Crippen LogP contribution in [0.5, 0.6) is 0 Å². The van der Waals surface area contributed by atoms with E-state index >= 15 is 0 Å². The fraction of sp³-hybridized carbons (Fsp3) is 1.00. The zero-order valence-corrected chi connectivity index (χ0v) is 8.31. The topological polar surface area (TPSA) is 29.5 Å². The van der Waals surface area contributed by atoms with E-state index in [2.05, 4.69) is 23.3 Å². The van der Waals surface area contributed by atoms with Gasteiger partial charge in [0.1, 0.15) is 0 Å². The molecule has 1 aliphatic carbocycles. The monoisotopic (exact) mass is 176 g/mol. The molecule has 0 aromatic heterocycles. The standard InChI is InChI=1S/C8H17O2P/c1-3-6-4-7(10-11)8(9)5(6)2/h5-9H,3-4,11H2,1-2H3/t5?,6-,7?,8?/m0/s1. The third kappa shape index (κ3) is 1.74. The van der Waals surface area contributed by atoms with Gasteiger partial charge < -0.3 is 9.63 Å². The molecule has 66 valence electrons. The van der Waals surface area contributed by atoms with Crippen molar-refractivity contribution in [3.63, 3.8) is 0 Å². The Bertz CT molecular complexity index is 111. The summed E-state index contributed by atoms with van der Waals surface area (Å²) in [6.07, 6.45) is 1.92. The van der Waals surface area contributed by atoms with Crippen molar-refractivity contribution < 1.29 is 9.63 Å². The molecule has 1 fully saturated rings. The molecule has 0 bridgehead atoms. The lowest BCUT2D eigenvalue weighted by Crippen LogP contribution is -2.24. The largest absolute Gasteiger partial charge is 0.390 e. The Hall–Kier alpha value is 0.350. The van der Waals surface area contributed by atoms with Gasteiger partial charge in [-0.2, -0.15) is 0 Å². The van der Waals surface area contributed by atoms with Crippen molar-refractivity contribution in [1.29, 1.82) is 0 Å². The summed E-state index contributed by atoms with van der Waals surface area (Å²) in [5.41, 5.74) is 0. The van der Waals surface area contributed by atoms with E-state index in [1.54, 1.807) is 0 Å². The Morgan fingerprint density at radius 3 is 2.55 bits per heavy atom. The molecule has 1 aliphatic rings. The molecule has 4 unspecified atom stereocenters. The second-order valence-corrected chi connectivity index (χ2v) is 3.70. The van der Waals surface area contributed by atoms with Gasteiger partial charge in [-0.25, -0.2) is 0 Å². The van der Waals surface area contributed by atoms with Gasteiger partial charge in [0, 0.05) is 9.47 Å². The van der Waals surface area contributed by atoms with Gasteiger partial charge in [-0.05, 0) is 18.3 Å². The zero-order chi connectivity index (χ0) is 8.43. The van der Waals surface area contributed by atoms with Gasteiger partial charge in [0.2, 0.25) is 0 Å². The summed E-state index contributed by atoms with van der Waals surface area (Å²) in [4.78, 5) is 0. The predicted octanol–water partition coefficient (Wildman–Crippen LogP) is 1.59. The molecular weight excluding hydrogens is 159 g/mol. The van der Waals surface area contributed by atoms with Crippen LogP contribution in [0.2, 0.25) is 0 Å². The second kappa shape index (κ2) is 3.84. The predicted molar refractivity (Wildman–Crippen MR) is 48.2 cm³/mol. The van der Waals surface area contributed by atoms with Crippen molar-refractivity contribution in [2.24, 2.45) is 11.8 Å². The molecule has 0 heterocycles. The molecule has 0 aromatic rings. The lowest BCUT2D eigenvalue weighted by molar-refractivity contribution is 0.0474. The summed E-state index contributed by atoms with van der Waals surface area (Å²) in [6.45, 7) is 4.27. The first-order valence-corrected chi connectivity index (χ1v) is 4.71. The minimum Gasteiger partial charge on any atom is -0.390 e. The van der Waals surface area contributed by atoms with E-state index < -0.39 is 0 Å². The molecule has 1 rings (SSSR count). The van der Waals surface area contributed by atoms with Crippen molar-refractivity contribution in [1.82, 2.24) is 0 Å². The van der Waals surface area contributed by atoms with Gasteiger partial charge in [0.15, 0.2) is 0 Å². The Morgan fingerprint density at radius 1 is 1.64 bits per heavy atom. The van der Waals surface area contributed by atoms with E-state index in [0.29, 0.717) is 11.8 Å². The second-order valence-electron chi connectivity index (χ2n) is 3.43. The number of aliphatic hydroxyl groups is 1. The minimum absolute atomic E-state index is 0.0416. The third-order valence-electron chi connectivity index (χ3n) is 2.90. The number of hydrogen-bond donors (Lipinski definition) is 1. The van der Waals surface area contributed by atoms with Crippen LogP contribution in [0.1, 0.15) is 26.7 Å². The minimum atomic E-state index is -0.266. The van der Waals surface area contributed by atoms with Crippen molar-refractivity contribution in [3.05, 3.63) is 0 Å². The molecule has 0 spiro atoms. The first-order valence-electron chi connectivity index (χ1n) is 4.24. The van der Waals surface area contributed by atoms with E-state index in [1.165, 1.54) is 0 Å². The van der Waals surface area contributed by atoms with Crippen molar-refractivity contribution >= 4 is 9.47 Å². The molecule has 5 atom stereocenters. The van der Waals surface area contributed by atoms with Gasteiger partial charge in [0.05, 0.1) is 12.2 Å². The molecule has 0 aliphatic heterocycles. The lowest BCUT2D eigenvalue weighted by atomic mass is 9.95. The maximum absolute atomic E-state index is 9.62. The van der Waals surface area contributed by atoms with Crippen LogP contribution >= 0.6 is 9.47 Å². The van der Waals surface area contributed by atoms with E-state index in [9.17, 15) is 5.11 Å². The number of aliphatic hydroxyl groups excluding tert-OH is 1. The Morgan fingerprint density at radius 2 is 2.27 bits per heavy atom. The maximum Gasteiger partial charge on any atom is 0.0875 e. The van der Waals surface area contributed by atoms with Gasteiger partial charge in [-0.15, -0.1) is 0 Å². The van der Waals surface area contributed by atoms with E-state index in [4.69, 9.17) is 4.52 Å². The van der Waals surface area contributed by atoms with Crippen molar-refractivity contribution in [2.45, 2.75) is 38.9 Å². The Labute approximate surface area is 70.6 Å². The van der Waals surface area contributed by atoms with Crippen LogP contribution < -0.4 is 0 Å². The Balaban J connectivity index is 2.53. The smallest absolute Gasteiger partial charge is 0.0875 e. The summed E-state index contributed by atoms with van der Waals surface area (Å²) >= 11 is 0. The highest BCUT2D eigenvalue weighted by Crippen LogP contribution is 2.36. The first-order chi connectivity index (χ1) is 5.20. The third-order valence-corrected chi connectivity index (χ3v) is 3.25. The molecule has 0 amide bonds. The molecule has 0 radical (unpaired) electrons. The molecule has 0 aromatic carbocycles. The van der Waals surface area contributed by atoms with Crippen LogP contribution in [0.4, 0.5) is 0 Å². The SMILES string of the molecule is CC[C@H]1CC(OP)C(O)C1C. The van der Waals surface area contributed by atoms with Gasteiger partial charge in [0.25, 0.3) is 0 Å². The summed E-state index contributed by atoms with van der Waals surface area (Å²) in [7, 11) is 2.24. The molecule has 3 heteroatoms. The van der Waals surface area contributed by atoms with Gasteiger partial charge in [-0.1, -0.05) is 20.3 Å². The maximum atomic E-state index is 9.62. The van der Waals surface area contributed by atoms with Crippen LogP contribution in [0.15, 0.2) is 0 Å². The molecule has 11 heavy (non-hydrogen) atoms. The van der Waals surface area contributed by atoms with Crippen LogP contribution in [0.25, 0.3) is 0 Å². The van der Waals surface area contributed by atoms with E-state index in [-0.39, 0.29) is 12.2 Å². The van der Waals surface area contributed by atoms with Crippen molar-refractivity contribution in [3.8, 4) is 0 Å². The van der Waals surface area contributed by atoms with Crippen LogP contribution in [-0.2, 0) is 4.52 Å². The fourth-order valence-electron chi connectivity index (χ4n) is 1.94. The normalized spacial score (nSPS) is 44.7. The average molecular weight is 176 g/mol. The van der Waals surface area contributed by atoms with Crippen LogP contribution in [0.3, 0.4) is 0 Å². The highest BCUT2D eigenvalue weighted by molar-refractivity contribution is 7.09. The molecule has 0 saturated heterocycles. The fourth-order valence-corrected chi connectivity index (χ4v) is 2.22. The van der Waals surface area contributed by atoms with Crippen molar-refractivity contribution in [2.75, 3.05) is 0 Å². The molecular formula is C8H17O2P. The molecule has 2 nitrogen and oxygen atoms in total. The molecule has 1 N–H and O–H groups in total. The van der Waals surface area contributed by atoms with E-state index in [0.717, 1.165) is 12.8 Å². The van der Waals surface area contributed by atoms with Crippen LogP contribution in [-0.4, -0.2) is 17.3 Å². The summed E-state index contributed by atoms with van der Waals surface area (Å²) in [6, 6.07) is 0. The van der Waals surface area contributed by atoms with Gasteiger partial charge >= 0.3 is 0 Å². The first kappa shape index (κ1) is 9.44. The molecule has 1 saturated carbocycles. The highest BCUT2D eigenvalue weighted by Gasteiger charge is 2.38. The summed E-state index contributed by atoms with van der Waals surface area (Å²) < 4.78 is 5.09. The summed E-state index contributed by atoms with van der Waals surface area (Å²) in [5, 5.41) is 9.62. The number of hydrogen-bond acceptors (Lipinski definition) is 2. The van der Waals surface area contributed by atoms with E-state index in [1.807, 2.05) is 0 Å². The van der Waals surface area contributed by atoms with Gasteiger partial charge in [-0.3, -0.25) is 0 Å². The Kier molecular flexibility index (Phi) is 3.29. The zero-order valence-electron chi connectivity index (χ0n) is 7.16. The number of rotatable bonds is 2. The average Bonchev–Trinajstić information content (AvgIpc) is 2.30. The summed E-state index contributed by atoms with van der Waals surface area (Å²) in [5.74, 6) is 1.03. The highest BCUT2D eigenvalue weighted by atomic mass is 31.0. The lowest BCUT2D eigenvalue weighted by Gasteiger charge is -2.15.